The van der Waals surface area contributed by atoms with Crippen molar-refractivity contribution in [1.29, 1.82) is 0 Å². The average Bonchev–Trinajstić information content (AvgIpc) is 1.85. The summed E-state index contributed by atoms with van der Waals surface area (Å²) in [7, 11) is 0. The predicted molar refractivity (Wildman–Crippen MR) is 38.4 cm³/mol. The van der Waals surface area contributed by atoms with Gasteiger partial charge in [0, 0.05) is 0 Å². The van der Waals surface area contributed by atoms with Gasteiger partial charge in [-0.25, -0.2) is 0 Å². The van der Waals surface area contributed by atoms with E-state index in [4.69, 9.17) is 14.6 Å². The summed E-state index contributed by atoms with van der Waals surface area (Å²) in [6, 6.07) is 0. The molecular weight excluding hydrogens is 132 g/mol. The summed E-state index contributed by atoms with van der Waals surface area (Å²) in [5.74, 6) is 0. The molecule has 0 aliphatic rings. The molecule has 0 heterocycles. The van der Waals surface area contributed by atoms with E-state index in [1.807, 2.05) is 0 Å². The molecule has 2 unspecified atom stereocenters. The number of hydrogen-bond donors (Lipinski definition) is 1. The first kappa shape index (κ1) is 9.46. The van der Waals surface area contributed by atoms with Crippen LogP contribution in [-0.2, 0) is 9.47 Å². The van der Waals surface area contributed by atoms with Crippen LogP contribution in [0.25, 0.3) is 0 Å². The zero-order valence-corrected chi connectivity index (χ0v) is 6.41. The maximum absolute atomic E-state index is 8.76. The van der Waals surface area contributed by atoms with Crippen LogP contribution in [0.2, 0.25) is 0 Å². The summed E-state index contributed by atoms with van der Waals surface area (Å²) in [6.45, 7) is 7.04. The van der Waals surface area contributed by atoms with Gasteiger partial charge < -0.3 is 14.6 Å². The monoisotopic (exact) mass is 146 g/mol. The van der Waals surface area contributed by atoms with Crippen molar-refractivity contribution >= 4 is 0 Å². The van der Waals surface area contributed by atoms with E-state index in [0.29, 0.717) is 0 Å². The smallest absolute Gasteiger partial charge is 0.196 e. The van der Waals surface area contributed by atoms with Gasteiger partial charge in [-0.2, -0.15) is 0 Å². The highest BCUT2D eigenvalue weighted by Gasteiger charge is 2.01. The molecule has 0 aromatic carbocycles. The Hall–Kier alpha value is -0.540. The Morgan fingerprint density at radius 2 is 2.20 bits per heavy atom. The van der Waals surface area contributed by atoms with Crippen molar-refractivity contribution < 1.29 is 14.6 Å². The minimum absolute atomic E-state index is 0.287. The van der Waals surface area contributed by atoms with Gasteiger partial charge in [0.2, 0.25) is 0 Å². The van der Waals surface area contributed by atoms with Crippen molar-refractivity contribution in [3.8, 4) is 0 Å². The third-order valence-electron chi connectivity index (χ3n) is 0.860. The molecule has 0 fully saturated rings. The van der Waals surface area contributed by atoms with Gasteiger partial charge in [0.05, 0.1) is 19.0 Å². The highest BCUT2D eigenvalue weighted by atomic mass is 16.7. The lowest BCUT2D eigenvalue weighted by atomic mass is 10.4. The van der Waals surface area contributed by atoms with E-state index in [0.717, 1.165) is 0 Å². The normalized spacial score (nSPS) is 15.9. The third-order valence-corrected chi connectivity index (χ3v) is 0.860. The SMILES string of the molecule is C=COC(C)OCC(C)O. The quantitative estimate of drug-likeness (QED) is 0.462. The summed E-state index contributed by atoms with van der Waals surface area (Å²) < 4.78 is 9.82. The van der Waals surface area contributed by atoms with Crippen molar-refractivity contribution in [2.45, 2.75) is 26.2 Å². The maximum Gasteiger partial charge on any atom is 0.196 e. The topological polar surface area (TPSA) is 38.7 Å². The highest BCUT2D eigenvalue weighted by Crippen LogP contribution is 1.94. The van der Waals surface area contributed by atoms with E-state index >= 15 is 0 Å². The molecule has 3 nitrogen and oxygen atoms in total. The second kappa shape index (κ2) is 5.26. The zero-order valence-electron chi connectivity index (χ0n) is 6.41. The molecule has 0 rings (SSSR count). The van der Waals surface area contributed by atoms with E-state index in [-0.39, 0.29) is 12.9 Å². The van der Waals surface area contributed by atoms with Crippen LogP contribution in [0.1, 0.15) is 13.8 Å². The Labute approximate surface area is 61.3 Å². The van der Waals surface area contributed by atoms with Gasteiger partial charge >= 0.3 is 0 Å². The second-order valence-electron chi connectivity index (χ2n) is 2.05. The molecule has 0 aliphatic heterocycles. The largest absolute Gasteiger partial charge is 0.473 e. The number of ether oxygens (including phenoxy) is 2. The first-order valence-corrected chi connectivity index (χ1v) is 3.23. The highest BCUT2D eigenvalue weighted by molar-refractivity contribution is 4.50. The number of rotatable bonds is 5. The Balaban J connectivity index is 3.20. The van der Waals surface area contributed by atoms with Gasteiger partial charge in [0.25, 0.3) is 0 Å². The fourth-order valence-electron chi connectivity index (χ4n) is 0.450. The van der Waals surface area contributed by atoms with E-state index in [9.17, 15) is 0 Å². The molecule has 0 radical (unpaired) electrons. The van der Waals surface area contributed by atoms with Gasteiger partial charge in [-0.05, 0) is 13.8 Å². The van der Waals surface area contributed by atoms with Gasteiger partial charge in [0.1, 0.15) is 0 Å². The Morgan fingerprint density at radius 3 is 2.60 bits per heavy atom. The third kappa shape index (κ3) is 5.59. The van der Waals surface area contributed by atoms with Crippen molar-refractivity contribution in [1.82, 2.24) is 0 Å². The van der Waals surface area contributed by atoms with Crippen LogP contribution in [0.4, 0.5) is 0 Å². The standard InChI is InChI=1S/C7H14O3/c1-4-9-7(3)10-5-6(2)8/h4,6-8H,1,5H2,2-3H3. The zero-order chi connectivity index (χ0) is 7.98. The van der Waals surface area contributed by atoms with Crippen LogP contribution < -0.4 is 0 Å². The number of aliphatic hydroxyl groups excluding tert-OH is 1. The molecule has 0 spiro atoms. The molecule has 0 saturated heterocycles. The Morgan fingerprint density at radius 1 is 1.60 bits per heavy atom. The van der Waals surface area contributed by atoms with E-state index in [1.54, 1.807) is 13.8 Å². The number of aliphatic hydroxyl groups is 1. The molecule has 0 aliphatic carbocycles. The van der Waals surface area contributed by atoms with Crippen molar-refractivity contribution in [2.75, 3.05) is 6.61 Å². The fraction of sp³-hybridized carbons (Fsp3) is 0.714. The minimum Gasteiger partial charge on any atom is -0.473 e. The Kier molecular flexibility index (Phi) is 4.98. The van der Waals surface area contributed by atoms with Crippen molar-refractivity contribution in [3.05, 3.63) is 12.8 Å². The Bertz CT molecular complexity index is 90.9. The first-order valence-electron chi connectivity index (χ1n) is 3.23. The van der Waals surface area contributed by atoms with E-state index < -0.39 is 6.10 Å². The average molecular weight is 146 g/mol. The summed E-state index contributed by atoms with van der Waals surface area (Å²) in [4.78, 5) is 0. The summed E-state index contributed by atoms with van der Waals surface area (Å²) in [5.41, 5.74) is 0. The lowest BCUT2D eigenvalue weighted by Gasteiger charge is -2.12. The van der Waals surface area contributed by atoms with Crippen LogP contribution in [0.15, 0.2) is 12.8 Å². The molecule has 0 aromatic rings. The van der Waals surface area contributed by atoms with Crippen LogP contribution in [0.3, 0.4) is 0 Å². The van der Waals surface area contributed by atoms with Gasteiger partial charge in [-0.15, -0.1) is 0 Å². The summed E-state index contributed by atoms with van der Waals surface area (Å²) in [6.07, 6.45) is 0.537. The van der Waals surface area contributed by atoms with Gasteiger partial charge in [0.15, 0.2) is 6.29 Å². The molecule has 1 N–H and O–H groups in total. The van der Waals surface area contributed by atoms with Crippen LogP contribution in [0, 0.1) is 0 Å². The summed E-state index contributed by atoms with van der Waals surface area (Å²) >= 11 is 0. The lowest BCUT2D eigenvalue weighted by Crippen LogP contribution is -2.17. The van der Waals surface area contributed by atoms with E-state index in [2.05, 4.69) is 6.58 Å². The van der Waals surface area contributed by atoms with Gasteiger partial charge in [-0.3, -0.25) is 0 Å². The first-order chi connectivity index (χ1) is 4.66. The summed E-state index contributed by atoms with van der Waals surface area (Å²) in [5, 5.41) is 8.76. The molecule has 60 valence electrons. The van der Waals surface area contributed by atoms with Crippen molar-refractivity contribution in [3.63, 3.8) is 0 Å². The number of hydrogen-bond acceptors (Lipinski definition) is 3. The van der Waals surface area contributed by atoms with Crippen molar-refractivity contribution in [2.24, 2.45) is 0 Å². The van der Waals surface area contributed by atoms with Crippen LogP contribution in [-0.4, -0.2) is 24.1 Å². The van der Waals surface area contributed by atoms with Crippen LogP contribution in [0.5, 0.6) is 0 Å². The molecule has 10 heavy (non-hydrogen) atoms. The second-order valence-corrected chi connectivity index (χ2v) is 2.05. The van der Waals surface area contributed by atoms with Crippen LogP contribution >= 0.6 is 0 Å². The van der Waals surface area contributed by atoms with E-state index in [1.165, 1.54) is 6.26 Å². The molecule has 0 aromatic heterocycles. The maximum atomic E-state index is 8.76. The molecule has 0 bridgehead atoms. The molecule has 2 atom stereocenters. The molecule has 0 saturated carbocycles. The predicted octanol–water partition coefficient (Wildman–Crippen LogP) is 0.890. The minimum atomic E-state index is -0.448. The fourth-order valence-corrected chi connectivity index (χ4v) is 0.450. The molecular formula is C7H14O3. The van der Waals surface area contributed by atoms with Gasteiger partial charge in [-0.1, -0.05) is 6.58 Å². The molecule has 0 amide bonds. The molecule has 3 heteroatoms. The lowest BCUT2D eigenvalue weighted by molar-refractivity contribution is -0.112.